The monoisotopic (exact) mass is 407 g/mol. The highest BCUT2D eigenvalue weighted by Crippen LogP contribution is 2.54. The summed E-state index contributed by atoms with van der Waals surface area (Å²) in [6.45, 7) is 8.43. The molecule has 7 nitrogen and oxygen atoms in total. The zero-order valence-electron chi connectivity index (χ0n) is 18.9. The summed E-state index contributed by atoms with van der Waals surface area (Å²) in [6, 6.07) is 0.933. The Labute approximate surface area is 176 Å². The second-order valence-electron chi connectivity index (χ2n) is 9.08. The first kappa shape index (κ1) is 22.3. The van der Waals surface area contributed by atoms with Gasteiger partial charge in [-0.15, -0.1) is 0 Å². The quantitative estimate of drug-likeness (QED) is 0.475. The number of ether oxygens (including phenoxy) is 1. The van der Waals surface area contributed by atoms with Crippen LogP contribution in [0.15, 0.2) is 4.99 Å². The molecule has 1 amide bonds. The van der Waals surface area contributed by atoms with Gasteiger partial charge in [-0.2, -0.15) is 0 Å². The van der Waals surface area contributed by atoms with E-state index in [0.29, 0.717) is 18.2 Å². The molecule has 1 spiro atoms. The third-order valence-corrected chi connectivity index (χ3v) is 7.28. The summed E-state index contributed by atoms with van der Waals surface area (Å²) in [5, 5.41) is 7.25. The summed E-state index contributed by atoms with van der Waals surface area (Å²) in [4.78, 5) is 20.9. The third-order valence-electron chi connectivity index (χ3n) is 7.28. The van der Waals surface area contributed by atoms with E-state index < -0.39 is 0 Å². The zero-order valence-corrected chi connectivity index (χ0v) is 18.9. The minimum Gasteiger partial charge on any atom is -0.378 e. The fourth-order valence-corrected chi connectivity index (χ4v) is 5.45. The van der Waals surface area contributed by atoms with Crippen LogP contribution in [0.2, 0.25) is 0 Å². The van der Waals surface area contributed by atoms with Crippen LogP contribution < -0.4 is 10.6 Å². The number of rotatable bonds is 8. The molecule has 3 rings (SSSR count). The van der Waals surface area contributed by atoms with E-state index in [0.717, 1.165) is 32.1 Å². The minimum atomic E-state index is 0.0264. The van der Waals surface area contributed by atoms with E-state index in [2.05, 4.69) is 34.4 Å². The molecule has 2 N–H and O–H groups in total. The fourth-order valence-electron chi connectivity index (χ4n) is 5.45. The van der Waals surface area contributed by atoms with E-state index in [1.807, 2.05) is 0 Å². The number of guanidine groups is 1. The Morgan fingerprint density at radius 1 is 1.24 bits per heavy atom. The summed E-state index contributed by atoms with van der Waals surface area (Å²) in [5.41, 5.74) is 0.243. The molecular formula is C22H41N5O2. The minimum absolute atomic E-state index is 0.0264. The van der Waals surface area contributed by atoms with E-state index in [1.54, 1.807) is 19.0 Å². The van der Waals surface area contributed by atoms with Crippen molar-refractivity contribution in [1.82, 2.24) is 20.4 Å². The van der Waals surface area contributed by atoms with Gasteiger partial charge in [0.25, 0.3) is 0 Å². The first-order chi connectivity index (χ1) is 14.0. The molecule has 2 saturated carbocycles. The SMILES string of the molecule is CCOC1CC(NC(=NCC(=O)N(C)C)NCC2CCCN2CC)C12CCCC2. The van der Waals surface area contributed by atoms with Crippen LogP contribution in [0.4, 0.5) is 0 Å². The van der Waals surface area contributed by atoms with Crippen molar-refractivity contribution in [3.8, 4) is 0 Å². The standard InChI is InChI=1S/C22H41N5O2/c1-5-27-13-9-10-17(27)15-23-21(24-16-20(28)26(3)4)25-18-14-19(29-6-2)22(18)11-7-8-12-22/h17-19H,5-16H2,1-4H3,(H2,23,24,25). The summed E-state index contributed by atoms with van der Waals surface area (Å²) in [7, 11) is 3.56. The van der Waals surface area contributed by atoms with E-state index in [-0.39, 0.29) is 17.9 Å². The van der Waals surface area contributed by atoms with Gasteiger partial charge in [0.1, 0.15) is 6.54 Å². The predicted octanol–water partition coefficient (Wildman–Crippen LogP) is 1.83. The largest absolute Gasteiger partial charge is 0.378 e. The van der Waals surface area contributed by atoms with Crippen molar-refractivity contribution in [2.24, 2.45) is 10.4 Å². The Morgan fingerprint density at radius 3 is 2.66 bits per heavy atom. The van der Waals surface area contributed by atoms with Crippen LogP contribution in [0.3, 0.4) is 0 Å². The average Bonchev–Trinajstić information content (AvgIpc) is 3.39. The van der Waals surface area contributed by atoms with E-state index >= 15 is 0 Å². The lowest BCUT2D eigenvalue weighted by Crippen LogP contribution is -2.65. The van der Waals surface area contributed by atoms with Gasteiger partial charge in [-0.3, -0.25) is 9.69 Å². The number of nitrogens with zero attached hydrogens (tertiary/aromatic N) is 3. The molecule has 3 unspecified atom stereocenters. The molecule has 0 bridgehead atoms. The fraction of sp³-hybridized carbons (Fsp3) is 0.909. The highest BCUT2D eigenvalue weighted by molar-refractivity contribution is 5.85. The number of aliphatic imine (C=N–C) groups is 1. The Balaban J connectivity index is 1.64. The Hall–Kier alpha value is -1.34. The Kier molecular flexibility index (Phi) is 7.79. The van der Waals surface area contributed by atoms with E-state index in [9.17, 15) is 4.79 Å². The number of carbonyl (C=O) groups is 1. The van der Waals surface area contributed by atoms with Crippen molar-refractivity contribution in [3.05, 3.63) is 0 Å². The van der Waals surface area contributed by atoms with Crippen LogP contribution >= 0.6 is 0 Å². The maximum Gasteiger partial charge on any atom is 0.243 e. The number of hydrogen-bond donors (Lipinski definition) is 2. The molecule has 166 valence electrons. The molecule has 3 aliphatic rings. The molecule has 3 atom stereocenters. The summed E-state index contributed by atoms with van der Waals surface area (Å²) in [6.07, 6.45) is 8.91. The maximum absolute atomic E-state index is 12.1. The molecular weight excluding hydrogens is 366 g/mol. The third kappa shape index (κ3) is 5.05. The van der Waals surface area contributed by atoms with Crippen molar-refractivity contribution in [1.29, 1.82) is 0 Å². The number of likely N-dealkylation sites (N-methyl/N-ethyl adjacent to an activating group) is 2. The van der Waals surface area contributed by atoms with Crippen LogP contribution in [-0.2, 0) is 9.53 Å². The highest BCUT2D eigenvalue weighted by Gasteiger charge is 2.57. The van der Waals surface area contributed by atoms with Crippen LogP contribution in [0.25, 0.3) is 0 Å². The second kappa shape index (κ2) is 10.1. The molecule has 29 heavy (non-hydrogen) atoms. The number of likely N-dealkylation sites (tertiary alicyclic amines) is 1. The van der Waals surface area contributed by atoms with Gasteiger partial charge >= 0.3 is 0 Å². The molecule has 1 aliphatic heterocycles. The molecule has 1 heterocycles. The first-order valence-electron chi connectivity index (χ1n) is 11.6. The normalized spacial score (nSPS) is 29.1. The van der Waals surface area contributed by atoms with Crippen molar-refractivity contribution in [2.45, 2.75) is 77.0 Å². The van der Waals surface area contributed by atoms with Gasteiger partial charge in [0.05, 0.1) is 6.10 Å². The zero-order chi connectivity index (χ0) is 20.9. The first-order valence-corrected chi connectivity index (χ1v) is 11.6. The Morgan fingerprint density at radius 2 is 2.00 bits per heavy atom. The lowest BCUT2D eigenvalue weighted by atomic mass is 9.60. The van der Waals surface area contributed by atoms with Crippen molar-refractivity contribution >= 4 is 11.9 Å². The number of nitrogens with one attached hydrogen (secondary N) is 2. The molecule has 0 aromatic carbocycles. The van der Waals surface area contributed by atoms with E-state index in [4.69, 9.17) is 4.74 Å². The Bertz CT molecular complexity index is 574. The predicted molar refractivity (Wildman–Crippen MR) is 117 cm³/mol. The lowest BCUT2D eigenvalue weighted by molar-refractivity contribution is -0.127. The molecule has 0 aromatic heterocycles. The maximum atomic E-state index is 12.1. The molecule has 0 aromatic rings. The van der Waals surface area contributed by atoms with Crippen molar-refractivity contribution < 1.29 is 9.53 Å². The van der Waals surface area contributed by atoms with Gasteiger partial charge in [0, 0.05) is 44.7 Å². The number of hydrogen-bond acceptors (Lipinski definition) is 4. The topological polar surface area (TPSA) is 69.2 Å². The summed E-state index contributed by atoms with van der Waals surface area (Å²) in [5.74, 6) is 0.813. The smallest absolute Gasteiger partial charge is 0.243 e. The van der Waals surface area contributed by atoms with Gasteiger partial charge in [0.2, 0.25) is 5.91 Å². The molecule has 3 fully saturated rings. The van der Waals surface area contributed by atoms with Crippen LogP contribution in [0, 0.1) is 5.41 Å². The lowest BCUT2D eigenvalue weighted by Gasteiger charge is -2.54. The van der Waals surface area contributed by atoms with Gasteiger partial charge in [-0.1, -0.05) is 19.8 Å². The van der Waals surface area contributed by atoms with Gasteiger partial charge in [0.15, 0.2) is 5.96 Å². The number of carbonyl (C=O) groups excluding carboxylic acids is 1. The van der Waals surface area contributed by atoms with Crippen LogP contribution in [0.1, 0.15) is 58.8 Å². The summed E-state index contributed by atoms with van der Waals surface area (Å²) >= 11 is 0. The highest BCUT2D eigenvalue weighted by atomic mass is 16.5. The molecule has 1 saturated heterocycles. The molecule has 2 aliphatic carbocycles. The number of amides is 1. The van der Waals surface area contributed by atoms with Crippen LogP contribution in [0.5, 0.6) is 0 Å². The van der Waals surface area contributed by atoms with Crippen molar-refractivity contribution in [2.75, 3.05) is 46.9 Å². The van der Waals surface area contributed by atoms with Gasteiger partial charge in [-0.05, 0) is 52.1 Å². The van der Waals surface area contributed by atoms with Crippen LogP contribution in [-0.4, -0.2) is 86.7 Å². The average molecular weight is 408 g/mol. The second-order valence-corrected chi connectivity index (χ2v) is 9.08. The van der Waals surface area contributed by atoms with Gasteiger partial charge < -0.3 is 20.3 Å². The van der Waals surface area contributed by atoms with Gasteiger partial charge in [-0.25, -0.2) is 4.99 Å². The molecule has 7 heteroatoms. The van der Waals surface area contributed by atoms with E-state index in [1.165, 1.54) is 45.1 Å². The van der Waals surface area contributed by atoms with Crippen molar-refractivity contribution in [3.63, 3.8) is 0 Å². The molecule has 0 radical (unpaired) electrons. The summed E-state index contributed by atoms with van der Waals surface area (Å²) < 4.78 is 6.06.